The fourth-order valence-corrected chi connectivity index (χ4v) is 3.93. The summed E-state index contributed by atoms with van der Waals surface area (Å²) in [6, 6.07) is 0. The van der Waals surface area contributed by atoms with E-state index in [1.807, 2.05) is 20.8 Å². The molecule has 0 saturated carbocycles. The van der Waals surface area contributed by atoms with Gasteiger partial charge in [-0.25, -0.2) is 0 Å². The summed E-state index contributed by atoms with van der Waals surface area (Å²) in [5, 5.41) is 10.5. The summed E-state index contributed by atoms with van der Waals surface area (Å²) in [6.45, 7) is 21.4. The van der Waals surface area contributed by atoms with E-state index in [1.165, 1.54) is 28.7 Å². The quantitative estimate of drug-likeness (QED) is 0.197. The molecule has 0 aromatic carbocycles. The van der Waals surface area contributed by atoms with Crippen LogP contribution in [-0.2, 0) is 4.74 Å². The number of aliphatic hydroxyl groups excluding tert-OH is 1. The largest absolute Gasteiger partial charge is 0.507 e. The van der Waals surface area contributed by atoms with Crippen LogP contribution in [0.1, 0.15) is 107 Å². The van der Waals surface area contributed by atoms with E-state index in [1.54, 1.807) is 0 Å². The molecule has 1 aliphatic heterocycles. The molecule has 0 amide bonds. The third-order valence-corrected chi connectivity index (χ3v) is 6.72. The minimum atomic E-state index is -0.0787. The van der Waals surface area contributed by atoms with Gasteiger partial charge in [0, 0.05) is 0 Å². The molecule has 0 aromatic rings. The van der Waals surface area contributed by atoms with Gasteiger partial charge in [0.1, 0.15) is 5.76 Å². The average Bonchev–Trinajstić information content (AvgIpc) is 2.72. The molecule has 1 heterocycles. The van der Waals surface area contributed by atoms with Gasteiger partial charge in [-0.15, -0.1) is 0 Å². The van der Waals surface area contributed by atoms with Crippen molar-refractivity contribution < 1.29 is 9.84 Å². The smallest absolute Gasteiger partial charge is 0.121 e. The molecule has 1 saturated heterocycles. The minimum Gasteiger partial charge on any atom is -0.507 e. The van der Waals surface area contributed by atoms with Crippen LogP contribution in [0.4, 0.5) is 0 Å². The highest BCUT2D eigenvalue weighted by Crippen LogP contribution is 2.34. The summed E-state index contributed by atoms with van der Waals surface area (Å²) in [5.74, 6) is 0.361. The molecule has 0 aromatic heterocycles. The molecule has 0 radical (unpaired) electrons. The van der Waals surface area contributed by atoms with E-state index in [4.69, 9.17) is 4.74 Å². The number of rotatable bonds is 11. The van der Waals surface area contributed by atoms with Gasteiger partial charge in [-0.3, -0.25) is 0 Å². The average molecular weight is 441 g/mol. The summed E-state index contributed by atoms with van der Waals surface area (Å²) < 4.78 is 6.28. The fraction of sp³-hybridized carbons (Fsp3) is 0.600. The molecule has 1 rings (SSSR count). The Balaban J connectivity index is 2.49. The molecular formula is C30H48O2. The molecule has 180 valence electrons. The Morgan fingerprint density at radius 1 is 0.938 bits per heavy atom. The summed E-state index contributed by atoms with van der Waals surface area (Å²) in [6.07, 6.45) is 15.8. The molecular weight excluding hydrogens is 392 g/mol. The highest BCUT2D eigenvalue weighted by molar-refractivity contribution is 5.39. The molecule has 0 spiro atoms. The van der Waals surface area contributed by atoms with Crippen LogP contribution in [-0.4, -0.2) is 17.3 Å². The number of aliphatic hydroxyl groups is 1. The van der Waals surface area contributed by atoms with Crippen LogP contribution in [0.5, 0.6) is 0 Å². The van der Waals surface area contributed by atoms with Crippen molar-refractivity contribution in [2.24, 2.45) is 0 Å². The van der Waals surface area contributed by atoms with Crippen molar-refractivity contribution in [3.05, 3.63) is 69.6 Å². The molecule has 32 heavy (non-hydrogen) atoms. The van der Waals surface area contributed by atoms with Gasteiger partial charge < -0.3 is 9.84 Å². The normalized spacial score (nSPS) is 22.4. The van der Waals surface area contributed by atoms with Crippen molar-refractivity contribution in [1.82, 2.24) is 0 Å². The van der Waals surface area contributed by atoms with Crippen LogP contribution in [0.15, 0.2) is 69.6 Å². The van der Waals surface area contributed by atoms with Gasteiger partial charge in [0.15, 0.2) is 0 Å². The van der Waals surface area contributed by atoms with Gasteiger partial charge in [-0.05, 0) is 123 Å². The third-order valence-electron chi connectivity index (χ3n) is 6.72. The van der Waals surface area contributed by atoms with Crippen molar-refractivity contribution in [3.63, 3.8) is 0 Å². The maximum absolute atomic E-state index is 10.5. The highest BCUT2D eigenvalue weighted by Gasteiger charge is 2.30. The highest BCUT2D eigenvalue weighted by atomic mass is 16.5. The molecule has 2 nitrogen and oxygen atoms in total. The lowest BCUT2D eigenvalue weighted by molar-refractivity contribution is -0.0495. The molecule has 2 heteroatoms. The van der Waals surface area contributed by atoms with Crippen molar-refractivity contribution >= 4 is 0 Å². The summed E-state index contributed by atoms with van der Waals surface area (Å²) in [7, 11) is 0. The van der Waals surface area contributed by atoms with Crippen molar-refractivity contribution in [3.8, 4) is 0 Å². The first kappa shape index (κ1) is 28.2. The first-order valence-corrected chi connectivity index (χ1v) is 12.3. The van der Waals surface area contributed by atoms with Crippen LogP contribution < -0.4 is 0 Å². The van der Waals surface area contributed by atoms with Gasteiger partial charge in [0.25, 0.3) is 0 Å². The molecule has 1 fully saturated rings. The van der Waals surface area contributed by atoms with E-state index in [2.05, 4.69) is 59.4 Å². The Labute approximate surface area is 198 Å². The minimum absolute atomic E-state index is 0.0787. The maximum atomic E-state index is 10.5. The lowest BCUT2D eigenvalue weighted by Gasteiger charge is -2.35. The number of ether oxygens (including phenoxy) is 1. The number of hydrogen-bond donors (Lipinski definition) is 1. The van der Waals surface area contributed by atoms with Gasteiger partial charge in [0.2, 0.25) is 0 Å². The van der Waals surface area contributed by atoms with Crippen LogP contribution in [0.3, 0.4) is 0 Å². The summed E-state index contributed by atoms with van der Waals surface area (Å²) >= 11 is 0. The van der Waals surface area contributed by atoms with E-state index in [-0.39, 0.29) is 5.60 Å². The van der Waals surface area contributed by atoms with E-state index in [9.17, 15) is 5.11 Å². The van der Waals surface area contributed by atoms with Gasteiger partial charge in [-0.1, -0.05) is 47.1 Å². The van der Waals surface area contributed by atoms with Gasteiger partial charge in [-0.2, -0.15) is 0 Å². The molecule has 1 atom stereocenters. The van der Waals surface area contributed by atoms with Crippen LogP contribution >= 0.6 is 0 Å². The summed E-state index contributed by atoms with van der Waals surface area (Å²) in [4.78, 5) is 0. The Kier molecular flexibility index (Phi) is 12.1. The van der Waals surface area contributed by atoms with Crippen LogP contribution in [0, 0.1) is 0 Å². The van der Waals surface area contributed by atoms with Crippen molar-refractivity contribution in [1.29, 1.82) is 0 Å². The predicted molar refractivity (Wildman–Crippen MR) is 141 cm³/mol. The van der Waals surface area contributed by atoms with Gasteiger partial charge in [0.05, 0.1) is 12.2 Å². The Morgan fingerprint density at radius 3 is 2.00 bits per heavy atom. The lowest BCUT2D eigenvalue weighted by atomic mass is 9.87. The molecule has 1 aliphatic rings. The maximum Gasteiger partial charge on any atom is 0.121 e. The standard InChI is InChI=1S/C30H48O2/c1-22(2)13-10-14-24(5)15-11-16-25(6)17-12-19-30(9)20-18-28(21-32-30)27(8)29(31)26(7)23(3)4/h13,15,17,31H,3,10-12,14,16,18-21H2,1-2,4-9H3/b24-15+,25-17+,28-27-,29-26+/t30-/m1/s1. The fourth-order valence-electron chi connectivity index (χ4n) is 3.93. The zero-order chi connectivity index (χ0) is 24.3. The van der Waals surface area contributed by atoms with Crippen LogP contribution in [0.25, 0.3) is 0 Å². The third kappa shape index (κ3) is 10.2. The molecule has 0 aliphatic carbocycles. The second-order valence-electron chi connectivity index (χ2n) is 10.2. The van der Waals surface area contributed by atoms with E-state index in [0.29, 0.717) is 12.4 Å². The monoisotopic (exact) mass is 440 g/mol. The Hall–Kier alpha value is -1.80. The van der Waals surface area contributed by atoms with E-state index in [0.717, 1.165) is 61.7 Å². The number of allylic oxidation sites excluding steroid dienone is 9. The Morgan fingerprint density at radius 2 is 1.50 bits per heavy atom. The number of hydrogen-bond acceptors (Lipinski definition) is 2. The topological polar surface area (TPSA) is 29.5 Å². The SMILES string of the molecule is C=C(C)/C(C)=C(O)\C(C)=C1\CC[C@@](C)(CC/C=C(\C)CC/C=C(\C)CCC=C(C)C)OC1. The zero-order valence-corrected chi connectivity index (χ0v) is 22.2. The molecule has 0 unspecified atom stereocenters. The van der Waals surface area contributed by atoms with Crippen LogP contribution in [0.2, 0.25) is 0 Å². The van der Waals surface area contributed by atoms with E-state index >= 15 is 0 Å². The van der Waals surface area contributed by atoms with Crippen molar-refractivity contribution in [2.45, 2.75) is 112 Å². The van der Waals surface area contributed by atoms with E-state index < -0.39 is 0 Å². The first-order chi connectivity index (χ1) is 14.9. The van der Waals surface area contributed by atoms with Crippen molar-refractivity contribution in [2.75, 3.05) is 6.61 Å². The van der Waals surface area contributed by atoms with Gasteiger partial charge >= 0.3 is 0 Å². The Bertz CT molecular complexity index is 785. The molecule has 1 N–H and O–H groups in total. The second kappa shape index (κ2) is 13.7. The lowest BCUT2D eigenvalue weighted by Crippen LogP contribution is -2.34. The second-order valence-corrected chi connectivity index (χ2v) is 10.2. The first-order valence-electron chi connectivity index (χ1n) is 12.3. The zero-order valence-electron chi connectivity index (χ0n) is 22.2. The molecule has 0 bridgehead atoms. The predicted octanol–water partition coefficient (Wildman–Crippen LogP) is 9.48. The summed E-state index contributed by atoms with van der Waals surface area (Å²) in [5.41, 5.74) is 8.22.